The second-order valence-electron chi connectivity index (χ2n) is 9.32. The summed E-state index contributed by atoms with van der Waals surface area (Å²) in [6.07, 6.45) is 2.38. The zero-order valence-electron chi connectivity index (χ0n) is 20.5. The lowest BCUT2D eigenvalue weighted by atomic mass is 10.1. The number of anilines is 3. The van der Waals surface area contributed by atoms with E-state index in [9.17, 15) is 19.2 Å². The number of amides is 4. The number of halogens is 5. The van der Waals surface area contributed by atoms with E-state index in [-0.39, 0.29) is 10.6 Å². The molecule has 1 fully saturated rings. The maximum absolute atomic E-state index is 13.1. The number of nitrogens with one attached hydrogen (secondary N) is 2. The van der Waals surface area contributed by atoms with Gasteiger partial charge in [0.05, 0.1) is 22.2 Å². The Morgan fingerprint density at radius 1 is 0.850 bits per heavy atom. The molecule has 3 aromatic carbocycles. The highest BCUT2D eigenvalue weighted by Crippen LogP contribution is 2.65. The fourth-order valence-electron chi connectivity index (χ4n) is 4.59. The van der Waals surface area contributed by atoms with Crippen molar-refractivity contribution in [2.24, 2.45) is 5.92 Å². The number of alkyl halides is 2. The molecular formula is C28H18Cl5N3O4. The molecule has 0 saturated heterocycles. The summed E-state index contributed by atoms with van der Waals surface area (Å²) < 4.78 is -1.37. The van der Waals surface area contributed by atoms with E-state index in [0.717, 1.165) is 4.90 Å². The van der Waals surface area contributed by atoms with Crippen LogP contribution in [0, 0.1) is 12.8 Å². The number of aryl methyl sites for hydroxylation is 1. The zero-order chi connectivity index (χ0) is 28.9. The molecule has 0 unspecified atom stereocenters. The van der Waals surface area contributed by atoms with Gasteiger partial charge in [-0.2, -0.15) is 0 Å². The highest BCUT2D eigenvalue weighted by molar-refractivity contribution is 6.53. The number of imide groups is 1. The first-order valence-corrected chi connectivity index (χ1v) is 13.7. The van der Waals surface area contributed by atoms with E-state index in [4.69, 9.17) is 58.0 Å². The number of hydrogen-bond donors (Lipinski definition) is 2. The van der Waals surface area contributed by atoms with Crippen LogP contribution in [0.15, 0.2) is 66.7 Å². The summed E-state index contributed by atoms with van der Waals surface area (Å²) in [5, 5.41) is 6.46. The fraction of sp³-hybridized carbons (Fsp3) is 0.143. The summed E-state index contributed by atoms with van der Waals surface area (Å²) >= 11 is 31.4. The van der Waals surface area contributed by atoms with Crippen LogP contribution in [0.5, 0.6) is 0 Å². The van der Waals surface area contributed by atoms with Gasteiger partial charge in [-0.05, 0) is 72.6 Å². The number of hydrogen-bond acceptors (Lipinski definition) is 4. The van der Waals surface area contributed by atoms with Crippen molar-refractivity contribution in [2.45, 2.75) is 17.2 Å². The third-order valence-corrected chi connectivity index (χ3v) is 8.29. The molecule has 0 aromatic heterocycles. The van der Waals surface area contributed by atoms with Crippen molar-refractivity contribution < 1.29 is 19.2 Å². The molecule has 7 nitrogen and oxygen atoms in total. The van der Waals surface area contributed by atoms with E-state index in [0.29, 0.717) is 38.2 Å². The van der Waals surface area contributed by atoms with E-state index in [2.05, 4.69) is 10.6 Å². The summed E-state index contributed by atoms with van der Waals surface area (Å²) in [6.45, 7) is 1.72. The highest BCUT2D eigenvalue weighted by atomic mass is 35.5. The van der Waals surface area contributed by atoms with E-state index in [1.54, 1.807) is 49.4 Å². The minimum atomic E-state index is -1.37. The van der Waals surface area contributed by atoms with Crippen molar-refractivity contribution >= 4 is 98.7 Å². The topological polar surface area (TPSA) is 95.6 Å². The standard InChI is InChI=1S/C28H18Cl5N3O4/c1-13-8-18(36-22(37)6-7-23(36)38)3-5-21(13)35-26(39)19-12-17(2-4-20(19)31)34-27(40)25-24(28(25,32)33)14-9-15(29)11-16(30)10-14/h2-12,24-25H,1H3,(H,34,40)(H,35,39)/t24-,25+/m0/s1. The minimum Gasteiger partial charge on any atom is -0.326 e. The Bertz CT molecular complexity index is 1600. The van der Waals surface area contributed by atoms with Gasteiger partial charge in [0.15, 0.2) is 0 Å². The lowest BCUT2D eigenvalue weighted by molar-refractivity contribution is -0.120. The van der Waals surface area contributed by atoms with Gasteiger partial charge in [0.2, 0.25) is 5.91 Å². The van der Waals surface area contributed by atoms with Crippen LogP contribution in [0.3, 0.4) is 0 Å². The van der Waals surface area contributed by atoms with Crippen LogP contribution in [-0.4, -0.2) is 28.0 Å². The minimum absolute atomic E-state index is 0.106. The summed E-state index contributed by atoms with van der Waals surface area (Å²) in [4.78, 5) is 51.2. The smallest absolute Gasteiger partial charge is 0.258 e. The van der Waals surface area contributed by atoms with Gasteiger partial charge in [-0.1, -0.05) is 34.8 Å². The molecular weight excluding hydrogens is 620 g/mol. The Kier molecular flexibility index (Phi) is 7.63. The second kappa shape index (κ2) is 10.7. The monoisotopic (exact) mass is 635 g/mol. The number of benzene rings is 3. The fourth-order valence-corrected chi connectivity index (χ4v) is 6.17. The largest absolute Gasteiger partial charge is 0.326 e. The third kappa shape index (κ3) is 5.45. The van der Waals surface area contributed by atoms with Gasteiger partial charge in [0, 0.05) is 39.5 Å². The van der Waals surface area contributed by atoms with Gasteiger partial charge >= 0.3 is 0 Å². The predicted octanol–water partition coefficient (Wildman–Crippen LogP) is 7.16. The van der Waals surface area contributed by atoms with Crippen molar-refractivity contribution in [1.29, 1.82) is 0 Å². The number of rotatable bonds is 6. The normalized spacial score (nSPS) is 19.1. The molecule has 204 valence electrons. The van der Waals surface area contributed by atoms with Crippen LogP contribution in [-0.2, 0) is 14.4 Å². The quantitative estimate of drug-likeness (QED) is 0.222. The van der Waals surface area contributed by atoms with Crippen molar-refractivity contribution in [1.82, 2.24) is 0 Å². The second-order valence-corrected chi connectivity index (χ2v) is 12.0. The molecule has 1 aliphatic heterocycles. The van der Waals surface area contributed by atoms with Crippen LogP contribution >= 0.6 is 58.0 Å². The molecule has 0 radical (unpaired) electrons. The van der Waals surface area contributed by atoms with Gasteiger partial charge in [0.25, 0.3) is 17.7 Å². The van der Waals surface area contributed by atoms with Crippen molar-refractivity contribution in [2.75, 3.05) is 15.5 Å². The SMILES string of the molecule is Cc1cc(N2C(=O)C=CC2=O)ccc1NC(=O)c1cc(NC(=O)[C@H]2[C@H](c3cc(Cl)cc(Cl)c3)C2(Cl)Cl)ccc1Cl. The number of carbonyl (C=O) groups excluding carboxylic acids is 4. The zero-order valence-corrected chi connectivity index (χ0v) is 24.3. The molecule has 12 heteroatoms. The Labute approximate surface area is 254 Å². The van der Waals surface area contributed by atoms with E-state index < -0.39 is 39.8 Å². The summed E-state index contributed by atoms with van der Waals surface area (Å²) in [7, 11) is 0. The first-order chi connectivity index (χ1) is 18.9. The lowest BCUT2D eigenvalue weighted by Crippen LogP contribution is -2.29. The molecule has 2 atom stereocenters. The Morgan fingerprint density at radius 3 is 2.12 bits per heavy atom. The maximum atomic E-state index is 13.1. The van der Waals surface area contributed by atoms with Crippen LogP contribution in [0.25, 0.3) is 0 Å². The first-order valence-electron chi connectivity index (χ1n) is 11.8. The van der Waals surface area contributed by atoms with Gasteiger partial charge < -0.3 is 10.6 Å². The van der Waals surface area contributed by atoms with Crippen molar-refractivity contribution in [3.05, 3.63) is 98.5 Å². The average Bonchev–Trinajstić information content (AvgIpc) is 3.31. The molecule has 4 amide bonds. The first kappa shape index (κ1) is 28.5. The molecule has 40 heavy (non-hydrogen) atoms. The molecule has 5 rings (SSSR count). The molecule has 2 N–H and O–H groups in total. The van der Waals surface area contributed by atoms with Gasteiger partial charge in [0.1, 0.15) is 4.33 Å². The summed E-state index contributed by atoms with van der Waals surface area (Å²) in [6, 6.07) is 14.1. The van der Waals surface area contributed by atoms with Crippen molar-refractivity contribution in [3.8, 4) is 0 Å². The maximum Gasteiger partial charge on any atom is 0.258 e. The number of carbonyl (C=O) groups is 4. The van der Waals surface area contributed by atoms with Crippen LogP contribution in [0.1, 0.15) is 27.4 Å². The molecule has 1 heterocycles. The van der Waals surface area contributed by atoms with Gasteiger partial charge in [-0.15, -0.1) is 23.2 Å². The average molecular weight is 638 g/mol. The molecule has 0 bridgehead atoms. The Morgan fingerprint density at radius 2 is 1.50 bits per heavy atom. The van der Waals surface area contributed by atoms with Crippen LogP contribution in [0.4, 0.5) is 17.1 Å². The van der Waals surface area contributed by atoms with Gasteiger partial charge in [-0.3, -0.25) is 19.2 Å². The highest BCUT2D eigenvalue weighted by Gasteiger charge is 2.67. The van der Waals surface area contributed by atoms with E-state index >= 15 is 0 Å². The van der Waals surface area contributed by atoms with Gasteiger partial charge in [-0.25, -0.2) is 4.90 Å². The van der Waals surface area contributed by atoms with Crippen molar-refractivity contribution in [3.63, 3.8) is 0 Å². The molecule has 3 aromatic rings. The molecule has 0 spiro atoms. The molecule has 1 aliphatic carbocycles. The Hall–Kier alpha value is -3.07. The molecule has 2 aliphatic rings. The molecule has 1 saturated carbocycles. The lowest BCUT2D eigenvalue weighted by Gasteiger charge is -2.17. The predicted molar refractivity (Wildman–Crippen MR) is 158 cm³/mol. The number of nitrogens with zero attached hydrogens (tertiary/aromatic N) is 1. The third-order valence-electron chi connectivity index (χ3n) is 6.58. The summed E-state index contributed by atoms with van der Waals surface area (Å²) in [5.41, 5.74) is 2.49. The van der Waals surface area contributed by atoms with E-state index in [1.165, 1.54) is 24.3 Å². The van der Waals surface area contributed by atoms with E-state index in [1.807, 2.05) is 0 Å². The Balaban J connectivity index is 1.30. The van der Waals surface area contributed by atoms with Crippen LogP contribution in [0.2, 0.25) is 15.1 Å². The summed E-state index contributed by atoms with van der Waals surface area (Å²) in [5.74, 6) is -3.19. The van der Waals surface area contributed by atoms with Crippen LogP contribution < -0.4 is 15.5 Å².